The SMILES string of the molecule is COc1ccc(-c2nc(C)cc(SCC(=O)NC3CCCC3)n2)cc1. The van der Waals surface area contributed by atoms with Gasteiger partial charge in [-0.1, -0.05) is 24.6 Å². The molecule has 25 heavy (non-hydrogen) atoms. The highest BCUT2D eigenvalue weighted by atomic mass is 32.2. The second kappa shape index (κ2) is 8.34. The molecule has 3 rings (SSSR count). The summed E-state index contributed by atoms with van der Waals surface area (Å²) in [5, 5.41) is 3.92. The van der Waals surface area contributed by atoms with E-state index < -0.39 is 0 Å². The maximum atomic E-state index is 12.1. The van der Waals surface area contributed by atoms with Gasteiger partial charge in [0.15, 0.2) is 5.82 Å². The van der Waals surface area contributed by atoms with Crippen LogP contribution in [0.1, 0.15) is 31.4 Å². The highest BCUT2D eigenvalue weighted by Gasteiger charge is 2.17. The summed E-state index contributed by atoms with van der Waals surface area (Å²) in [7, 11) is 1.64. The normalized spacial score (nSPS) is 14.5. The summed E-state index contributed by atoms with van der Waals surface area (Å²) in [6.45, 7) is 1.94. The minimum absolute atomic E-state index is 0.0826. The molecular weight excluding hydrogens is 334 g/mol. The first-order valence-electron chi connectivity index (χ1n) is 8.56. The third-order valence-corrected chi connectivity index (χ3v) is 5.16. The first kappa shape index (κ1) is 17.7. The molecule has 1 N–H and O–H groups in total. The number of thioether (sulfide) groups is 1. The number of carbonyl (C=O) groups is 1. The molecule has 1 aliphatic rings. The zero-order valence-electron chi connectivity index (χ0n) is 14.6. The number of aromatic nitrogens is 2. The predicted octanol–water partition coefficient (Wildman–Crippen LogP) is 3.61. The van der Waals surface area contributed by atoms with Gasteiger partial charge in [0.05, 0.1) is 12.9 Å². The van der Waals surface area contributed by atoms with Crippen molar-refractivity contribution < 1.29 is 9.53 Å². The number of nitrogens with zero attached hydrogens (tertiary/aromatic N) is 2. The predicted molar refractivity (Wildman–Crippen MR) is 99.9 cm³/mol. The van der Waals surface area contributed by atoms with Crippen molar-refractivity contribution in [2.75, 3.05) is 12.9 Å². The second-order valence-electron chi connectivity index (χ2n) is 6.24. The number of hydrogen-bond donors (Lipinski definition) is 1. The molecule has 1 heterocycles. The largest absolute Gasteiger partial charge is 0.497 e. The molecule has 1 aliphatic carbocycles. The zero-order chi connectivity index (χ0) is 17.6. The van der Waals surface area contributed by atoms with E-state index >= 15 is 0 Å². The molecule has 0 bridgehead atoms. The third kappa shape index (κ3) is 4.95. The van der Waals surface area contributed by atoms with Gasteiger partial charge < -0.3 is 10.1 Å². The Balaban J connectivity index is 1.65. The molecule has 0 spiro atoms. The van der Waals surface area contributed by atoms with E-state index in [1.807, 2.05) is 37.3 Å². The van der Waals surface area contributed by atoms with E-state index in [1.54, 1.807) is 7.11 Å². The minimum atomic E-state index is 0.0826. The van der Waals surface area contributed by atoms with Crippen LogP contribution in [0, 0.1) is 6.92 Å². The van der Waals surface area contributed by atoms with Gasteiger partial charge in [-0.15, -0.1) is 0 Å². The van der Waals surface area contributed by atoms with Crippen LogP contribution in [-0.2, 0) is 4.79 Å². The monoisotopic (exact) mass is 357 g/mol. The van der Waals surface area contributed by atoms with Crippen LogP contribution in [0.25, 0.3) is 11.4 Å². The van der Waals surface area contributed by atoms with Crippen molar-refractivity contribution in [3.63, 3.8) is 0 Å². The second-order valence-corrected chi connectivity index (χ2v) is 7.23. The molecule has 1 saturated carbocycles. The van der Waals surface area contributed by atoms with Crippen LogP contribution in [0.15, 0.2) is 35.4 Å². The molecule has 1 aromatic carbocycles. The Labute approximate surface area is 152 Å². The van der Waals surface area contributed by atoms with Crippen LogP contribution in [0.4, 0.5) is 0 Å². The Morgan fingerprint density at radius 2 is 1.96 bits per heavy atom. The van der Waals surface area contributed by atoms with E-state index in [1.165, 1.54) is 24.6 Å². The summed E-state index contributed by atoms with van der Waals surface area (Å²) in [5.41, 5.74) is 1.82. The summed E-state index contributed by atoms with van der Waals surface area (Å²) in [5.74, 6) is 1.93. The number of rotatable bonds is 6. The molecule has 6 heteroatoms. The summed E-state index contributed by atoms with van der Waals surface area (Å²) in [4.78, 5) is 21.2. The number of benzene rings is 1. The van der Waals surface area contributed by atoms with E-state index in [0.29, 0.717) is 17.6 Å². The van der Waals surface area contributed by atoms with Gasteiger partial charge in [0.25, 0.3) is 0 Å². The number of methoxy groups -OCH3 is 1. The van der Waals surface area contributed by atoms with Gasteiger partial charge in [-0.25, -0.2) is 9.97 Å². The van der Waals surface area contributed by atoms with Crippen molar-refractivity contribution in [2.45, 2.75) is 43.7 Å². The molecule has 132 valence electrons. The number of aryl methyl sites for hydroxylation is 1. The van der Waals surface area contributed by atoms with E-state index in [-0.39, 0.29) is 5.91 Å². The average Bonchev–Trinajstić information content (AvgIpc) is 3.12. The van der Waals surface area contributed by atoms with Gasteiger partial charge >= 0.3 is 0 Å². The highest BCUT2D eigenvalue weighted by Crippen LogP contribution is 2.24. The van der Waals surface area contributed by atoms with E-state index in [2.05, 4.69) is 15.3 Å². The molecule has 1 amide bonds. The first-order valence-corrected chi connectivity index (χ1v) is 9.55. The van der Waals surface area contributed by atoms with E-state index in [9.17, 15) is 4.79 Å². The lowest BCUT2D eigenvalue weighted by molar-refractivity contribution is -0.119. The van der Waals surface area contributed by atoms with Crippen molar-refractivity contribution in [3.05, 3.63) is 36.0 Å². The number of nitrogens with one attached hydrogen (secondary N) is 1. The quantitative estimate of drug-likeness (QED) is 0.632. The Morgan fingerprint density at radius 1 is 1.24 bits per heavy atom. The molecule has 0 aliphatic heterocycles. The molecule has 0 radical (unpaired) electrons. The number of hydrogen-bond acceptors (Lipinski definition) is 5. The summed E-state index contributed by atoms with van der Waals surface area (Å²) < 4.78 is 5.18. The van der Waals surface area contributed by atoms with Crippen molar-refractivity contribution in [3.8, 4) is 17.1 Å². The maximum Gasteiger partial charge on any atom is 0.230 e. The van der Waals surface area contributed by atoms with Gasteiger partial charge in [0.2, 0.25) is 5.91 Å². The van der Waals surface area contributed by atoms with Crippen molar-refractivity contribution in [2.24, 2.45) is 0 Å². The third-order valence-electron chi connectivity index (χ3n) is 4.25. The zero-order valence-corrected chi connectivity index (χ0v) is 15.4. The molecule has 5 nitrogen and oxygen atoms in total. The topological polar surface area (TPSA) is 64.1 Å². The van der Waals surface area contributed by atoms with Gasteiger partial charge in [-0.3, -0.25) is 4.79 Å². The fourth-order valence-corrected chi connectivity index (χ4v) is 3.73. The van der Waals surface area contributed by atoms with E-state index in [0.717, 1.165) is 34.9 Å². The molecule has 2 aromatic rings. The summed E-state index contributed by atoms with van der Waals surface area (Å²) in [6, 6.07) is 9.94. The average molecular weight is 357 g/mol. The van der Waals surface area contributed by atoms with Crippen LogP contribution in [0.5, 0.6) is 5.75 Å². The van der Waals surface area contributed by atoms with Gasteiger partial charge in [0, 0.05) is 17.3 Å². The fourth-order valence-electron chi connectivity index (χ4n) is 2.96. The lowest BCUT2D eigenvalue weighted by atomic mass is 10.2. The van der Waals surface area contributed by atoms with Crippen molar-refractivity contribution in [1.82, 2.24) is 15.3 Å². The van der Waals surface area contributed by atoms with Gasteiger partial charge in [-0.05, 0) is 50.1 Å². The maximum absolute atomic E-state index is 12.1. The van der Waals surface area contributed by atoms with Gasteiger partial charge in [0.1, 0.15) is 10.8 Å². The molecule has 0 unspecified atom stereocenters. The highest BCUT2D eigenvalue weighted by molar-refractivity contribution is 7.99. The Kier molecular flexibility index (Phi) is 5.91. The number of carbonyl (C=O) groups excluding carboxylic acids is 1. The van der Waals surface area contributed by atoms with Crippen LogP contribution in [0.3, 0.4) is 0 Å². The molecular formula is C19H23N3O2S. The molecule has 0 saturated heterocycles. The number of amides is 1. The van der Waals surface area contributed by atoms with Crippen LogP contribution in [0.2, 0.25) is 0 Å². The van der Waals surface area contributed by atoms with Crippen LogP contribution in [-0.4, -0.2) is 34.8 Å². The minimum Gasteiger partial charge on any atom is -0.497 e. The van der Waals surface area contributed by atoms with Gasteiger partial charge in [-0.2, -0.15) is 0 Å². The van der Waals surface area contributed by atoms with Crippen LogP contribution >= 0.6 is 11.8 Å². The van der Waals surface area contributed by atoms with Crippen molar-refractivity contribution >= 4 is 17.7 Å². The lowest BCUT2D eigenvalue weighted by Gasteiger charge is -2.11. The van der Waals surface area contributed by atoms with Crippen molar-refractivity contribution in [1.29, 1.82) is 0 Å². The van der Waals surface area contributed by atoms with E-state index in [4.69, 9.17) is 4.74 Å². The van der Waals surface area contributed by atoms with Crippen LogP contribution < -0.4 is 10.1 Å². The Hall–Kier alpha value is -2.08. The molecule has 1 aromatic heterocycles. The Bertz CT molecular complexity index is 728. The summed E-state index contributed by atoms with van der Waals surface area (Å²) >= 11 is 1.45. The summed E-state index contributed by atoms with van der Waals surface area (Å²) in [6.07, 6.45) is 4.64. The molecule has 1 fully saturated rings. The lowest BCUT2D eigenvalue weighted by Crippen LogP contribution is -2.33. The fraction of sp³-hybridized carbons (Fsp3) is 0.421. The number of ether oxygens (including phenoxy) is 1. The first-order chi connectivity index (χ1) is 12.1. The Morgan fingerprint density at radius 3 is 2.64 bits per heavy atom. The smallest absolute Gasteiger partial charge is 0.230 e. The standard InChI is InChI=1S/C19H23N3O2S/c1-13-11-18(25-12-17(23)21-15-5-3-4-6-15)22-19(20-13)14-7-9-16(24-2)10-8-14/h7-11,15H,3-6,12H2,1-2H3,(H,21,23). The molecule has 0 atom stereocenters.